The first kappa shape index (κ1) is 26.0. The molecule has 0 aromatic heterocycles. The van der Waals surface area contributed by atoms with E-state index in [1.807, 2.05) is 0 Å². The molecule has 0 spiro atoms. The third kappa shape index (κ3) is 24.0. The minimum atomic E-state index is 0.758. The van der Waals surface area contributed by atoms with Crippen molar-refractivity contribution >= 4 is 18.0 Å². The average molecular weight is 385 g/mol. The summed E-state index contributed by atoms with van der Waals surface area (Å²) in [5.74, 6) is 2.70. The van der Waals surface area contributed by atoms with Gasteiger partial charge in [-0.2, -0.15) is 11.8 Å². The fraction of sp³-hybridized carbons (Fsp3) is 0.958. The summed E-state index contributed by atoms with van der Waals surface area (Å²) in [7, 11) is 0. The number of hydrogen-bond donors (Lipinski definition) is 0. The lowest BCUT2D eigenvalue weighted by molar-refractivity contribution is -0.107. The normalized spacial score (nSPS) is 11.1. The third-order valence-electron chi connectivity index (χ3n) is 5.25. The predicted molar refractivity (Wildman–Crippen MR) is 121 cm³/mol. The molecule has 0 aliphatic rings. The number of rotatable bonds is 23. The molecular weight excluding hydrogens is 336 g/mol. The van der Waals surface area contributed by atoms with Gasteiger partial charge in [0.2, 0.25) is 0 Å². The zero-order valence-corrected chi connectivity index (χ0v) is 18.8. The second kappa shape index (κ2) is 25.0. The van der Waals surface area contributed by atoms with Crippen LogP contribution in [0, 0.1) is 0 Å². The summed E-state index contributed by atoms with van der Waals surface area (Å²) in [5, 5.41) is 0. The minimum absolute atomic E-state index is 0.758. The highest BCUT2D eigenvalue weighted by Crippen LogP contribution is 2.15. The van der Waals surface area contributed by atoms with Gasteiger partial charge in [0.1, 0.15) is 6.29 Å². The van der Waals surface area contributed by atoms with E-state index in [-0.39, 0.29) is 0 Å². The van der Waals surface area contributed by atoms with Crippen molar-refractivity contribution in [3.63, 3.8) is 0 Å². The summed E-state index contributed by atoms with van der Waals surface area (Å²) >= 11 is 2.15. The van der Waals surface area contributed by atoms with E-state index in [9.17, 15) is 4.79 Å². The van der Waals surface area contributed by atoms with Crippen LogP contribution < -0.4 is 0 Å². The van der Waals surface area contributed by atoms with Crippen molar-refractivity contribution in [3.05, 3.63) is 0 Å². The monoisotopic (exact) mass is 384 g/mol. The predicted octanol–water partition coefficient (Wildman–Crippen LogP) is 8.74. The molecule has 0 unspecified atom stereocenters. The van der Waals surface area contributed by atoms with E-state index in [1.54, 1.807) is 0 Å². The van der Waals surface area contributed by atoms with Gasteiger partial charge in [0.25, 0.3) is 0 Å². The van der Waals surface area contributed by atoms with Gasteiger partial charge < -0.3 is 4.79 Å². The Hall–Kier alpha value is 0.0200. The number of carbonyl (C=O) groups is 1. The Labute approximate surface area is 169 Å². The lowest BCUT2D eigenvalue weighted by Crippen LogP contribution is -1.87. The SMILES string of the molecule is CCCCCCCCCCCCCCCCSCCCCCCCC=O. The van der Waals surface area contributed by atoms with E-state index in [1.165, 1.54) is 127 Å². The number of aldehydes is 1. The van der Waals surface area contributed by atoms with Gasteiger partial charge in [-0.15, -0.1) is 0 Å². The Morgan fingerprint density at radius 2 is 0.846 bits per heavy atom. The largest absolute Gasteiger partial charge is 0.303 e. The van der Waals surface area contributed by atoms with E-state index >= 15 is 0 Å². The molecule has 0 aliphatic carbocycles. The van der Waals surface area contributed by atoms with Crippen LogP contribution in [-0.4, -0.2) is 17.8 Å². The van der Waals surface area contributed by atoms with Crippen molar-refractivity contribution in [2.24, 2.45) is 0 Å². The molecule has 156 valence electrons. The van der Waals surface area contributed by atoms with E-state index in [0.29, 0.717) is 0 Å². The maximum Gasteiger partial charge on any atom is 0.119 e. The number of carbonyl (C=O) groups excluding carboxylic acids is 1. The van der Waals surface area contributed by atoms with Crippen molar-refractivity contribution in [3.8, 4) is 0 Å². The quantitative estimate of drug-likeness (QED) is 0.129. The fourth-order valence-corrected chi connectivity index (χ4v) is 4.48. The van der Waals surface area contributed by atoms with Gasteiger partial charge in [-0.05, 0) is 30.8 Å². The molecule has 0 aromatic carbocycles. The van der Waals surface area contributed by atoms with Crippen molar-refractivity contribution in [1.82, 2.24) is 0 Å². The van der Waals surface area contributed by atoms with Crippen molar-refractivity contribution < 1.29 is 4.79 Å². The first-order valence-electron chi connectivity index (χ1n) is 11.9. The van der Waals surface area contributed by atoms with Gasteiger partial charge in [-0.3, -0.25) is 0 Å². The third-order valence-corrected chi connectivity index (χ3v) is 6.41. The maximum absolute atomic E-state index is 10.2. The van der Waals surface area contributed by atoms with Crippen LogP contribution >= 0.6 is 11.8 Å². The van der Waals surface area contributed by atoms with E-state index in [2.05, 4.69) is 18.7 Å². The maximum atomic E-state index is 10.2. The molecule has 0 saturated heterocycles. The molecule has 0 saturated carbocycles. The molecule has 26 heavy (non-hydrogen) atoms. The van der Waals surface area contributed by atoms with Gasteiger partial charge >= 0.3 is 0 Å². The molecule has 0 atom stereocenters. The van der Waals surface area contributed by atoms with Gasteiger partial charge in [-0.25, -0.2) is 0 Å². The number of unbranched alkanes of at least 4 members (excludes halogenated alkanes) is 18. The number of thioether (sulfide) groups is 1. The van der Waals surface area contributed by atoms with Crippen LogP contribution in [-0.2, 0) is 4.79 Å². The zero-order chi connectivity index (χ0) is 19.0. The Kier molecular flexibility index (Phi) is 25.0. The highest BCUT2D eigenvalue weighted by Gasteiger charge is 1.95. The van der Waals surface area contributed by atoms with Crippen molar-refractivity contribution in [1.29, 1.82) is 0 Å². The molecule has 0 N–H and O–H groups in total. The first-order chi connectivity index (χ1) is 12.9. The first-order valence-corrected chi connectivity index (χ1v) is 13.1. The Morgan fingerprint density at radius 1 is 0.500 bits per heavy atom. The number of hydrogen-bond acceptors (Lipinski definition) is 2. The lowest BCUT2D eigenvalue weighted by Gasteiger charge is -2.04. The lowest BCUT2D eigenvalue weighted by atomic mass is 10.0. The molecular formula is C24H48OS. The fourth-order valence-electron chi connectivity index (χ4n) is 3.46. The van der Waals surface area contributed by atoms with Gasteiger partial charge in [0, 0.05) is 6.42 Å². The summed E-state index contributed by atoms with van der Waals surface area (Å²) in [4.78, 5) is 10.2. The Bertz CT molecular complexity index is 255. The summed E-state index contributed by atoms with van der Waals surface area (Å²) in [5.41, 5.74) is 0. The zero-order valence-electron chi connectivity index (χ0n) is 18.0. The molecule has 0 aromatic rings. The molecule has 0 heterocycles. The van der Waals surface area contributed by atoms with E-state index < -0.39 is 0 Å². The Balaban J connectivity index is 2.96. The van der Waals surface area contributed by atoms with Crippen LogP contribution in [0.25, 0.3) is 0 Å². The van der Waals surface area contributed by atoms with Crippen LogP contribution in [0.3, 0.4) is 0 Å². The smallest absolute Gasteiger partial charge is 0.119 e. The van der Waals surface area contributed by atoms with Gasteiger partial charge in [0.05, 0.1) is 0 Å². The van der Waals surface area contributed by atoms with Gasteiger partial charge in [0.15, 0.2) is 0 Å². The van der Waals surface area contributed by atoms with Crippen LogP contribution in [0.1, 0.15) is 135 Å². The van der Waals surface area contributed by atoms with Crippen LogP contribution in [0.2, 0.25) is 0 Å². The van der Waals surface area contributed by atoms with Crippen molar-refractivity contribution in [2.45, 2.75) is 135 Å². The average Bonchev–Trinajstić information content (AvgIpc) is 2.66. The summed E-state index contributed by atoms with van der Waals surface area (Å²) in [6.07, 6.45) is 28.5. The molecule has 0 rings (SSSR count). The molecule has 0 fully saturated rings. The minimum Gasteiger partial charge on any atom is -0.303 e. The van der Waals surface area contributed by atoms with Gasteiger partial charge in [-0.1, -0.05) is 110 Å². The van der Waals surface area contributed by atoms with Crippen LogP contribution in [0.5, 0.6) is 0 Å². The van der Waals surface area contributed by atoms with E-state index in [4.69, 9.17) is 0 Å². The second-order valence-corrected chi connectivity index (χ2v) is 9.16. The van der Waals surface area contributed by atoms with Crippen LogP contribution in [0.15, 0.2) is 0 Å². The highest BCUT2D eigenvalue weighted by atomic mass is 32.2. The van der Waals surface area contributed by atoms with Crippen LogP contribution in [0.4, 0.5) is 0 Å². The molecule has 0 aliphatic heterocycles. The Morgan fingerprint density at radius 3 is 1.23 bits per heavy atom. The van der Waals surface area contributed by atoms with Crippen molar-refractivity contribution in [2.75, 3.05) is 11.5 Å². The molecule has 1 nitrogen and oxygen atoms in total. The highest BCUT2D eigenvalue weighted by molar-refractivity contribution is 7.99. The molecule has 0 amide bonds. The summed E-state index contributed by atoms with van der Waals surface area (Å²) in [6.45, 7) is 2.29. The summed E-state index contributed by atoms with van der Waals surface area (Å²) < 4.78 is 0. The summed E-state index contributed by atoms with van der Waals surface area (Å²) in [6, 6.07) is 0. The molecule has 0 bridgehead atoms. The topological polar surface area (TPSA) is 17.1 Å². The molecule has 0 radical (unpaired) electrons. The molecule has 2 heteroatoms. The van der Waals surface area contributed by atoms with E-state index in [0.717, 1.165) is 19.1 Å². The standard InChI is InChI=1S/C24H48OS/c1-2-3-4-5-6-7-8-9-10-11-12-14-17-20-23-26-24-21-18-15-13-16-19-22-25/h22H,2-21,23-24H2,1H3. The second-order valence-electron chi connectivity index (χ2n) is 7.93.